The molecule has 1 fully saturated rings. The number of benzene rings is 2. The van der Waals surface area contributed by atoms with Crippen LogP contribution in [0, 0.1) is 0 Å². The molecule has 2 aromatic carbocycles. The minimum atomic E-state index is -0.871. The average molecular weight is 368 g/mol. The van der Waals surface area contributed by atoms with Gasteiger partial charge in [-0.2, -0.15) is 0 Å². The molecule has 0 aliphatic carbocycles. The molecule has 2 atom stereocenters. The molecule has 0 saturated carbocycles. The van der Waals surface area contributed by atoms with Gasteiger partial charge in [0, 0.05) is 10.6 Å². The van der Waals surface area contributed by atoms with E-state index in [1.165, 1.54) is 0 Å². The van der Waals surface area contributed by atoms with Crippen molar-refractivity contribution in [2.75, 3.05) is 20.2 Å². The van der Waals surface area contributed by atoms with E-state index in [9.17, 15) is 0 Å². The molecule has 2 aromatic rings. The van der Waals surface area contributed by atoms with E-state index in [2.05, 4.69) is 5.32 Å². The van der Waals surface area contributed by atoms with E-state index in [1.807, 2.05) is 26.1 Å². The van der Waals surface area contributed by atoms with Crippen molar-refractivity contribution in [3.05, 3.63) is 58.1 Å². The maximum absolute atomic E-state index is 6.48. The van der Waals surface area contributed by atoms with Crippen molar-refractivity contribution >= 4 is 23.2 Å². The summed E-state index contributed by atoms with van der Waals surface area (Å²) in [5.41, 5.74) is 0.784. The van der Waals surface area contributed by atoms with Crippen molar-refractivity contribution in [3.63, 3.8) is 0 Å². The van der Waals surface area contributed by atoms with Gasteiger partial charge in [-0.1, -0.05) is 23.2 Å². The molecular formula is C18H19Cl2NO3. The van der Waals surface area contributed by atoms with Crippen LogP contribution in [0.1, 0.15) is 12.5 Å². The van der Waals surface area contributed by atoms with Crippen LogP contribution in [0.25, 0.3) is 0 Å². The molecule has 4 nitrogen and oxygen atoms in total. The summed E-state index contributed by atoms with van der Waals surface area (Å²) in [6.45, 7) is 3.01. The number of hydrogen-bond acceptors (Lipinski definition) is 4. The van der Waals surface area contributed by atoms with Crippen LogP contribution in [-0.2, 0) is 15.3 Å². The normalized spacial score (nSPS) is 23.4. The van der Waals surface area contributed by atoms with Crippen LogP contribution in [-0.4, -0.2) is 26.3 Å². The third-order valence-corrected chi connectivity index (χ3v) is 4.32. The van der Waals surface area contributed by atoms with Crippen molar-refractivity contribution in [1.29, 1.82) is 0 Å². The molecule has 3 rings (SSSR count). The van der Waals surface area contributed by atoms with Crippen LogP contribution in [0.4, 0.5) is 0 Å². The second kappa shape index (κ2) is 7.30. The first-order valence-electron chi connectivity index (χ1n) is 7.72. The van der Waals surface area contributed by atoms with E-state index in [0.717, 1.165) is 5.56 Å². The van der Waals surface area contributed by atoms with Gasteiger partial charge in [-0.3, -0.25) is 0 Å². The number of hydrogen-bond donors (Lipinski definition) is 1. The number of likely N-dealkylation sites (N-methyl/N-ethyl adjacent to an activating group) is 1. The molecular weight excluding hydrogens is 349 g/mol. The van der Waals surface area contributed by atoms with Crippen LogP contribution >= 0.6 is 23.2 Å². The molecule has 24 heavy (non-hydrogen) atoms. The fraction of sp³-hybridized carbons (Fsp3) is 0.333. The number of ether oxygens (including phenoxy) is 3. The van der Waals surface area contributed by atoms with E-state index in [0.29, 0.717) is 34.7 Å². The standard InChI is InChI=1S/C18H19Cl2NO3/c1-12-10-22-18(24-12,11-21-2)16-8-7-15(9-17(16)20)23-14-5-3-13(19)4-6-14/h3-9,12,21H,10-11H2,1-2H3/t12?,18-/m1/s1. The Kier molecular flexibility index (Phi) is 5.33. The van der Waals surface area contributed by atoms with Gasteiger partial charge in [-0.15, -0.1) is 0 Å². The van der Waals surface area contributed by atoms with Gasteiger partial charge in [-0.25, -0.2) is 0 Å². The lowest BCUT2D eigenvalue weighted by Gasteiger charge is -2.29. The highest BCUT2D eigenvalue weighted by Crippen LogP contribution is 2.39. The van der Waals surface area contributed by atoms with Crippen molar-refractivity contribution in [3.8, 4) is 11.5 Å². The second-order valence-corrected chi connectivity index (χ2v) is 6.56. The molecule has 0 aromatic heterocycles. The Morgan fingerprint density at radius 3 is 2.46 bits per heavy atom. The van der Waals surface area contributed by atoms with Crippen molar-refractivity contribution in [1.82, 2.24) is 5.32 Å². The molecule has 128 valence electrons. The second-order valence-electron chi connectivity index (χ2n) is 5.72. The smallest absolute Gasteiger partial charge is 0.209 e. The van der Waals surface area contributed by atoms with Crippen LogP contribution < -0.4 is 10.1 Å². The molecule has 1 saturated heterocycles. The fourth-order valence-electron chi connectivity index (χ4n) is 2.71. The number of rotatable bonds is 5. The van der Waals surface area contributed by atoms with E-state index < -0.39 is 5.79 Å². The molecule has 1 N–H and O–H groups in total. The minimum Gasteiger partial charge on any atom is -0.457 e. The highest BCUT2D eigenvalue weighted by atomic mass is 35.5. The first-order valence-corrected chi connectivity index (χ1v) is 8.48. The lowest BCUT2D eigenvalue weighted by Crippen LogP contribution is -2.38. The zero-order valence-corrected chi connectivity index (χ0v) is 15.0. The van der Waals surface area contributed by atoms with Gasteiger partial charge >= 0.3 is 0 Å². The predicted molar refractivity (Wildman–Crippen MR) is 95.1 cm³/mol. The quantitative estimate of drug-likeness (QED) is 0.838. The highest BCUT2D eigenvalue weighted by molar-refractivity contribution is 6.31. The molecule has 1 heterocycles. The van der Waals surface area contributed by atoms with E-state index in [1.54, 1.807) is 30.3 Å². The molecule has 0 spiro atoms. The van der Waals surface area contributed by atoms with Gasteiger partial charge in [-0.05, 0) is 56.4 Å². The molecule has 1 unspecified atom stereocenters. The first-order chi connectivity index (χ1) is 11.5. The lowest BCUT2D eigenvalue weighted by atomic mass is 10.1. The Morgan fingerprint density at radius 1 is 1.17 bits per heavy atom. The zero-order chi connectivity index (χ0) is 17.2. The topological polar surface area (TPSA) is 39.7 Å². The van der Waals surface area contributed by atoms with Gasteiger partial charge < -0.3 is 19.5 Å². The van der Waals surface area contributed by atoms with Gasteiger partial charge in [0.05, 0.1) is 24.3 Å². The summed E-state index contributed by atoms with van der Waals surface area (Å²) in [7, 11) is 1.85. The molecule has 0 radical (unpaired) electrons. The largest absolute Gasteiger partial charge is 0.457 e. The van der Waals surface area contributed by atoms with E-state index in [-0.39, 0.29) is 6.10 Å². The zero-order valence-electron chi connectivity index (χ0n) is 13.5. The van der Waals surface area contributed by atoms with Crippen LogP contribution in [0.5, 0.6) is 11.5 Å². The van der Waals surface area contributed by atoms with Crippen molar-refractivity contribution in [2.45, 2.75) is 18.8 Å². The summed E-state index contributed by atoms with van der Waals surface area (Å²) >= 11 is 12.4. The Morgan fingerprint density at radius 2 is 1.88 bits per heavy atom. The minimum absolute atomic E-state index is 0.0133. The Balaban J connectivity index is 1.85. The molecule has 1 aliphatic rings. The molecule has 0 amide bonds. The molecule has 6 heteroatoms. The Labute approximate surface area is 151 Å². The Hall–Kier alpha value is -1.30. The average Bonchev–Trinajstić information content (AvgIpc) is 2.92. The predicted octanol–water partition coefficient (Wildman–Crippen LogP) is 4.59. The first kappa shape index (κ1) is 17.5. The number of halogens is 2. The summed E-state index contributed by atoms with van der Waals surface area (Å²) in [5.74, 6) is 0.455. The third kappa shape index (κ3) is 3.68. The van der Waals surface area contributed by atoms with Gasteiger partial charge in [0.25, 0.3) is 0 Å². The third-order valence-electron chi connectivity index (χ3n) is 3.75. The molecule has 0 bridgehead atoms. The Bertz CT molecular complexity index is 704. The fourth-order valence-corrected chi connectivity index (χ4v) is 3.15. The van der Waals surface area contributed by atoms with Gasteiger partial charge in [0.1, 0.15) is 11.5 Å². The highest BCUT2D eigenvalue weighted by Gasteiger charge is 2.42. The van der Waals surface area contributed by atoms with E-state index >= 15 is 0 Å². The van der Waals surface area contributed by atoms with E-state index in [4.69, 9.17) is 37.4 Å². The van der Waals surface area contributed by atoms with Crippen LogP contribution in [0.15, 0.2) is 42.5 Å². The lowest BCUT2D eigenvalue weighted by molar-refractivity contribution is -0.170. The summed E-state index contributed by atoms with van der Waals surface area (Å²) in [5, 5.41) is 4.30. The number of nitrogens with one attached hydrogen (secondary N) is 1. The summed E-state index contributed by atoms with van der Waals surface area (Å²) in [6, 6.07) is 12.6. The summed E-state index contributed by atoms with van der Waals surface area (Å²) < 4.78 is 17.7. The molecule has 1 aliphatic heterocycles. The maximum atomic E-state index is 6.48. The maximum Gasteiger partial charge on any atom is 0.209 e. The van der Waals surface area contributed by atoms with Crippen molar-refractivity contribution < 1.29 is 14.2 Å². The monoisotopic (exact) mass is 367 g/mol. The van der Waals surface area contributed by atoms with Crippen LogP contribution in [0.2, 0.25) is 10.0 Å². The SMILES string of the molecule is CNC[C@@]1(c2ccc(Oc3ccc(Cl)cc3)cc2Cl)OCC(C)O1. The van der Waals surface area contributed by atoms with Gasteiger partial charge in [0.2, 0.25) is 5.79 Å². The van der Waals surface area contributed by atoms with Crippen LogP contribution in [0.3, 0.4) is 0 Å². The summed E-state index contributed by atoms with van der Waals surface area (Å²) in [4.78, 5) is 0. The van der Waals surface area contributed by atoms with Crippen molar-refractivity contribution in [2.24, 2.45) is 0 Å². The summed E-state index contributed by atoms with van der Waals surface area (Å²) in [6.07, 6.45) is 0.0133. The van der Waals surface area contributed by atoms with Gasteiger partial charge in [0.15, 0.2) is 0 Å².